The van der Waals surface area contributed by atoms with E-state index in [0.717, 1.165) is 25.2 Å². The molecule has 2 aromatic rings. The van der Waals surface area contributed by atoms with Crippen LogP contribution in [0.5, 0.6) is 0 Å². The van der Waals surface area contributed by atoms with Gasteiger partial charge >= 0.3 is 0 Å². The van der Waals surface area contributed by atoms with Gasteiger partial charge in [0, 0.05) is 52.2 Å². The van der Waals surface area contributed by atoms with Crippen LogP contribution < -0.4 is 0 Å². The van der Waals surface area contributed by atoms with Crippen molar-refractivity contribution >= 4 is 5.91 Å². The Hall–Kier alpha value is -2.24. The van der Waals surface area contributed by atoms with E-state index in [2.05, 4.69) is 4.90 Å². The van der Waals surface area contributed by atoms with Gasteiger partial charge in [-0.05, 0) is 17.2 Å². The molecule has 1 fully saturated rings. The first kappa shape index (κ1) is 19.5. The molecule has 1 amide bonds. The molecule has 1 atom stereocenters. The molecule has 0 N–H and O–H groups in total. The number of piperazine rings is 1. The van der Waals surface area contributed by atoms with Crippen molar-refractivity contribution in [3.8, 4) is 0 Å². The number of hydrogen-bond donors (Lipinski definition) is 0. The van der Waals surface area contributed by atoms with Crippen LogP contribution in [-0.2, 0) is 9.53 Å². The summed E-state index contributed by atoms with van der Waals surface area (Å²) in [6.45, 7) is 4.72. The number of amides is 1. The van der Waals surface area contributed by atoms with Crippen molar-refractivity contribution in [3.05, 3.63) is 71.5 Å². The second kappa shape index (κ2) is 9.62. The van der Waals surface area contributed by atoms with E-state index >= 15 is 0 Å². The molecular weight excluding hydrogens is 343 g/mol. The van der Waals surface area contributed by atoms with E-state index in [4.69, 9.17) is 4.74 Å². The van der Waals surface area contributed by atoms with Gasteiger partial charge in [-0.1, -0.05) is 48.5 Å². The average molecular weight is 370 g/mol. The molecule has 0 bridgehead atoms. The van der Waals surface area contributed by atoms with Crippen LogP contribution in [-0.4, -0.2) is 62.1 Å². The van der Waals surface area contributed by atoms with Gasteiger partial charge in [-0.15, -0.1) is 0 Å². The molecule has 1 aliphatic heterocycles. The lowest BCUT2D eigenvalue weighted by molar-refractivity contribution is -0.133. The van der Waals surface area contributed by atoms with E-state index in [1.54, 1.807) is 19.2 Å². The Labute approximate surface area is 160 Å². The van der Waals surface area contributed by atoms with E-state index in [1.807, 2.05) is 41.3 Å². The molecular formula is C22H27FN2O2. The minimum atomic E-state index is -0.272. The van der Waals surface area contributed by atoms with Crippen LogP contribution in [0.3, 0.4) is 0 Å². The highest BCUT2D eigenvalue weighted by Crippen LogP contribution is 2.30. The van der Waals surface area contributed by atoms with E-state index < -0.39 is 0 Å². The molecule has 0 aromatic heterocycles. The summed E-state index contributed by atoms with van der Waals surface area (Å²) in [4.78, 5) is 17.2. The second-order valence-corrected chi connectivity index (χ2v) is 6.90. The van der Waals surface area contributed by atoms with Gasteiger partial charge in [0.25, 0.3) is 0 Å². The maximum absolute atomic E-state index is 14.4. The normalized spacial score (nSPS) is 16.3. The molecule has 27 heavy (non-hydrogen) atoms. The van der Waals surface area contributed by atoms with Crippen molar-refractivity contribution in [2.45, 2.75) is 12.3 Å². The Balaban J connectivity index is 1.70. The largest absolute Gasteiger partial charge is 0.383 e. The van der Waals surface area contributed by atoms with Crippen molar-refractivity contribution in [1.29, 1.82) is 0 Å². The molecule has 0 radical (unpaired) electrons. The van der Waals surface area contributed by atoms with Gasteiger partial charge in [-0.25, -0.2) is 4.39 Å². The number of hydrogen-bond acceptors (Lipinski definition) is 3. The molecule has 0 spiro atoms. The van der Waals surface area contributed by atoms with Gasteiger partial charge in [0.15, 0.2) is 0 Å². The third-order valence-electron chi connectivity index (χ3n) is 5.20. The fourth-order valence-electron chi connectivity index (χ4n) is 3.60. The molecule has 1 saturated heterocycles. The van der Waals surface area contributed by atoms with E-state index in [0.29, 0.717) is 25.3 Å². The Morgan fingerprint density at radius 1 is 1.04 bits per heavy atom. The lowest BCUT2D eigenvalue weighted by Gasteiger charge is -2.35. The summed E-state index contributed by atoms with van der Waals surface area (Å²) >= 11 is 0. The fraction of sp³-hybridized carbons (Fsp3) is 0.409. The monoisotopic (exact) mass is 370 g/mol. The van der Waals surface area contributed by atoms with Crippen LogP contribution in [0.4, 0.5) is 4.39 Å². The third-order valence-corrected chi connectivity index (χ3v) is 5.20. The van der Waals surface area contributed by atoms with Crippen molar-refractivity contribution in [1.82, 2.24) is 9.80 Å². The summed E-state index contributed by atoms with van der Waals surface area (Å²) in [5.74, 6) is -0.451. The quantitative estimate of drug-likeness (QED) is 0.751. The number of nitrogens with zero attached hydrogens (tertiary/aromatic N) is 2. The first-order valence-corrected chi connectivity index (χ1v) is 9.47. The fourth-order valence-corrected chi connectivity index (χ4v) is 3.60. The van der Waals surface area contributed by atoms with Crippen LogP contribution in [0.1, 0.15) is 23.5 Å². The smallest absolute Gasteiger partial charge is 0.223 e. The maximum atomic E-state index is 14.4. The highest BCUT2D eigenvalue weighted by molar-refractivity contribution is 5.78. The molecule has 4 nitrogen and oxygen atoms in total. The van der Waals surface area contributed by atoms with Crippen LogP contribution in [0.15, 0.2) is 54.6 Å². The van der Waals surface area contributed by atoms with Gasteiger partial charge < -0.3 is 9.64 Å². The zero-order chi connectivity index (χ0) is 19.1. The molecule has 5 heteroatoms. The molecule has 1 aliphatic rings. The van der Waals surface area contributed by atoms with Gasteiger partial charge in [0.05, 0.1) is 6.61 Å². The number of benzene rings is 2. The lowest BCUT2D eigenvalue weighted by atomic mass is 9.87. The van der Waals surface area contributed by atoms with Crippen molar-refractivity contribution in [3.63, 3.8) is 0 Å². The van der Waals surface area contributed by atoms with E-state index in [1.165, 1.54) is 6.07 Å². The van der Waals surface area contributed by atoms with E-state index in [-0.39, 0.29) is 24.1 Å². The Morgan fingerprint density at radius 2 is 1.70 bits per heavy atom. The van der Waals surface area contributed by atoms with Crippen molar-refractivity contribution in [2.24, 2.45) is 0 Å². The van der Waals surface area contributed by atoms with Gasteiger partial charge in [-0.2, -0.15) is 0 Å². The van der Waals surface area contributed by atoms with Crippen molar-refractivity contribution in [2.75, 3.05) is 46.4 Å². The number of rotatable bonds is 7. The predicted molar refractivity (Wildman–Crippen MR) is 104 cm³/mol. The number of methoxy groups -OCH3 is 1. The molecule has 1 unspecified atom stereocenters. The molecule has 0 aliphatic carbocycles. The van der Waals surface area contributed by atoms with Gasteiger partial charge in [0.1, 0.15) is 5.82 Å². The maximum Gasteiger partial charge on any atom is 0.223 e. The van der Waals surface area contributed by atoms with Crippen LogP contribution in [0.25, 0.3) is 0 Å². The number of ether oxygens (including phenoxy) is 1. The second-order valence-electron chi connectivity index (χ2n) is 6.90. The number of carbonyl (C=O) groups is 1. The lowest BCUT2D eigenvalue weighted by Crippen LogP contribution is -2.49. The van der Waals surface area contributed by atoms with Crippen molar-refractivity contribution < 1.29 is 13.9 Å². The summed E-state index contributed by atoms with van der Waals surface area (Å²) in [6, 6.07) is 16.5. The zero-order valence-electron chi connectivity index (χ0n) is 15.8. The van der Waals surface area contributed by atoms with Crippen LogP contribution in [0, 0.1) is 5.82 Å². The highest BCUT2D eigenvalue weighted by atomic mass is 19.1. The van der Waals surface area contributed by atoms with Crippen LogP contribution >= 0.6 is 0 Å². The summed E-state index contributed by atoms with van der Waals surface area (Å²) in [5, 5.41) is 0. The number of carbonyl (C=O) groups excluding carboxylic acids is 1. The molecule has 1 heterocycles. The summed E-state index contributed by atoms with van der Waals surface area (Å²) < 4.78 is 19.6. The first-order valence-electron chi connectivity index (χ1n) is 9.47. The topological polar surface area (TPSA) is 32.8 Å². The number of halogens is 1. The zero-order valence-corrected chi connectivity index (χ0v) is 15.8. The summed E-state index contributed by atoms with van der Waals surface area (Å²) in [6.07, 6.45) is 0.281. The summed E-state index contributed by atoms with van der Waals surface area (Å²) in [7, 11) is 1.70. The highest BCUT2D eigenvalue weighted by Gasteiger charge is 2.26. The van der Waals surface area contributed by atoms with Crippen LogP contribution in [0.2, 0.25) is 0 Å². The molecule has 3 rings (SSSR count). The molecule has 144 valence electrons. The van der Waals surface area contributed by atoms with Gasteiger partial charge in [0.2, 0.25) is 5.91 Å². The average Bonchev–Trinajstić information content (AvgIpc) is 2.72. The first-order chi connectivity index (χ1) is 13.2. The third kappa shape index (κ3) is 5.15. The minimum Gasteiger partial charge on any atom is -0.383 e. The SMILES string of the molecule is COCCN1CCN(C(=O)CC(c2ccccc2)c2ccccc2F)CC1. The Bertz CT molecular complexity index is 730. The molecule has 0 saturated carbocycles. The minimum absolute atomic E-state index is 0.0819. The van der Waals surface area contributed by atoms with Gasteiger partial charge in [-0.3, -0.25) is 9.69 Å². The summed E-state index contributed by atoms with van der Waals surface area (Å²) in [5.41, 5.74) is 1.55. The van der Waals surface area contributed by atoms with E-state index in [9.17, 15) is 9.18 Å². The predicted octanol–water partition coefficient (Wildman–Crippen LogP) is 3.14. The Morgan fingerprint density at radius 3 is 2.37 bits per heavy atom. The standard InChI is InChI=1S/C22H27FN2O2/c1-27-16-15-24-11-13-25(14-12-24)22(26)17-20(18-7-3-2-4-8-18)19-9-5-6-10-21(19)23/h2-10,20H,11-17H2,1H3. The Kier molecular flexibility index (Phi) is 6.96. The molecule has 2 aromatic carbocycles.